The SMILES string of the molecule is Cc1c(C(=O)OCC(=O)N(C)C2CCC(C)CC2)cccc1[N+](=O)[O-]. The number of carbonyl (C=O) groups excluding carboxylic acids is 2. The van der Waals surface area contributed by atoms with Crippen LogP contribution in [-0.4, -0.2) is 41.4 Å². The molecule has 2 rings (SSSR count). The monoisotopic (exact) mass is 348 g/mol. The van der Waals surface area contributed by atoms with E-state index in [-0.39, 0.29) is 35.4 Å². The lowest BCUT2D eigenvalue weighted by molar-refractivity contribution is -0.385. The highest BCUT2D eigenvalue weighted by molar-refractivity contribution is 5.93. The largest absolute Gasteiger partial charge is 0.452 e. The second-order valence-electron chi connectivity index (χ2n) is 6.70. The van der Waals surface area contributed by atoms with E-state index in [4.69, 9.17) is 4.74 Å². The van der Waals surface area contributed by atoms with E-state index >= 15 is 0 Å². The number of esters is 1. The highest BCUT2D eigenvalue weighted by Crippen LogP contribution is 2.26. The molecule has 0 atom stereocenters. The summed E-state index contributed by atoms with van der Waals surface area (Å²) in [4.78, 5) is 36.5. The van der Waals surface area contributed by atoms with Crippen molar-refractivity contribution in [3.8, 4) is 0 Å². The van der Waals surface area contributed by atoms with Crippen LogP contribution in [0.5, 0.6) is 0 Å². The summed E-state index contributed by atoms with van der Waals surface area (Å²) in [5.41, 5.74) is 0.199. The van der Waals surface area contributed by atoms with Crippen molar-refractivity contribution in [1.29, 1.82) is 0 Å². The van der Waals surface area contributed by atoms with Crippen molar-refractivity contribution in [2.24, 2.45) is 5.92 Å². The second kappa shape index (κ2) is 8.09. The topological polar surface area (TPSA) is 89.8 Å². The Kier molecular flexibility index (Phi) is 6.12. The van der Waals surface area contributed by atoms with E-state index in [0.717, 1.165) is 25.7 Å². The zero-order valence-electron chi connectivity index (χ0n) is 14.9. The summed E-state index contributed by atoms with van der Waals surface area (Å²) < 4.78 is 5.09. The van der Waals surface area contributed by atoms with Crippen LogP contribution in [0.1, 0.15) is 48.5 Å². The maximum atomic E-state index is 12.3. The third kappa shape index (κ3) is 4.55. The zero-order chi connectivity index (χ0) is 18.6. The molecule has 0 radical (unpaired) electrons. The minimum absolute atomic E-state index is 0.108. The molecule has 1 fully saturated rings. The summed E-state index contributed by atoms with van der Waals surface area (Å²) in [6.07, 6.45) is 4.10. The highest BCUT2D eigenvalue weighted by atomic mass is 16.6. The van der Waals surface area contributed by atoms with Crippen LogP contribution < -0.4 is 0 Å². The number of rotatable bonds is 5. The Labute approximate surface area is 147 Å². The molecule has 0 aromatic heterocycles. The smallest absolute Gasteiger partial charge is 0.339 e. The van der Waals surface area contributed by atoms with E-state index in [2.05, 4.69) is 6.92 Å². The van der Waals surface area contributed by atoms with Crippen LogP contribution >= 0.6 is 0 Å². The molecule has 1 saturated carbocycles. The lowest BCUT2D eigenvalue weighted by Gasteiger charge is -2.33. The van der Waals surface area contributed by atoms with Crippen molar-refractivity contribution < 1.29 is 19.2 Å². The van der Waals surface area contributed by atoms with Gasteiger partial charge < -0.3 is 9.64 Å². The van der Waals surface area contributed by atoms with Crippen molar-refractivity contribution in [3.05, 3.63) is 39.4 Å². The molecule has 7 nitrogen and oxygen atoms in total. The fourth-order valence-electron chi connectivity index (χ4n) is 3.18. The van der Waals surface area contributed by atoms with Gasteiger partial charge in [0.05, 0.1) is 10.5 Å². The Balaban J connectivity index is 1.94. The molecule has 0 spiro atoms. The average molecular weight is 348 g/mol. The number of likely N-dealkylation sites (N-methyl/N-ethyl adjacent to an activating group) is 1. The highest BCUT2D eigenvalue weighted by Gasteiger charge is 2.26. The Hall–Kier alpha value is -2.44. The third-order valence-electron chi connectivity index (χ3n) is 4.98. The number of nitro groups is 1. The van der Waals surface area contributed by atoms with Gasteiger partial charge >= 0.3 is 5.97 Å². The molecule has 1 aromatic carbocycles. The van der Waals surface area contributed by atoms with Gasteiger partial charge in [-0.3, -0.25) is 14.9 Å². The minimum Gasteiger partial charge on any atom is -0.452 e. The van der Waals surface area contributed by atoms with Crippen molar-refractivity contribution in [2.75, 3.05) is 13.7 Å². The van der Waals surface area contributed by atoms with E-state index in [9.17, 15) is 19.7 Å². The summed E-state index contributed by atoms with van der Waals surface area (Å²) >= 11 is 0. The standard InChI is InChI=1S/C18H24N2O5/c1-12-7-9-14(10-8-12)19(3)17(21)11-25-18(22)15-5-4-6-16(13(15)2)20(23)24/h4-6,12,14H,7-11H2,1-3H3. The number of nitrogens with zero attached hydrogens (tertiary/aromatic N) is 2. The van der Waals surface area contributed by atoms with E-state index in [1.54, 1.807) is 11.9 Å². The molecule has 1 aliphatic carbocycles. The molecule has 136 valence electrons. The number of hydrogen-bond donors (Lipinski definition) is 0. The number of benzene rings is 1. The molecule has 0 bridgehead atoms. The first-order chi connectivity index (χ1) is 11.8. The lowest BCUT2D eigenvalue weighted by atomic mass is 9.87. The van der Waals surface area contributed by atoms with Gasteiger partial charge in [0.15, 0.2) is 6.61 Å². The van der Waals surface area contributed by atoms with E-state index in [1.165, 1.54) is 25.1 Å². The number of amides is 1. The molecule has 1 aromatic rings. The van der Waals surface area contributed by atoms with Gasteiger partial charge in [0, 0.05) is 24.7 Å². The van der Waals surface area contributed by atoms with Crippen LogP contribution in [0, 0.1) is 23.0 Å². The van der Waals surface area contributed by atoms with Gasteiger partial charge in [-0.1, -0.05) is 13.0 Å². The predicted octanol–water partition coefficient (Wildman–Crippen LogP) is 3.10. The molecular weight excluding hydrogens is 324 g/mol. The van der Waals surface area contributed by atoms with Crippen molar-refractivity contribution in [2.45, 2.75) is 45.6 Å². The van der Waals surface area contributed by atoms with Gasteiger partial charge in [0.1, 0.15) is 0 Å². The normalized spacial score (nSPS) is 20.0. The Morgan fingerprint density at radius 3 is 2.52 bits per heavy atom. The molecule has 0 aliphatic heterocycles. The van der Waals surface area contributed by atoms with Gasteiger partial charge in [-0.2, -0.15) is 0 Å². The fourth-order valence-corrected chi connectivity index (χ4v) is 3.18. The van der Waals surface area contributed by atoms with E-state index in [0.29, 0.717) is 5.92 Å². The molecular formula is C18H24N2O5. The summed E-state index contributed by atoms with van der Waals surface area (Å²) in [7, 11) is 1.73. The zero-order valence-corrected chi connectivity index (χ0v) is 14.9. The van der Waals surface area contributed by atoms with Gasteiger partial charge in [-0.05, 0) is 44.6 Å². The molecule has 25 heavy (non-hydrogen) atoms. The Morgan fingerprint density at radius 2 is 1.92 bits per heavy atom. The molecule has 0 N–H and O–H groups in total. The first-order valence-corrected chi connectivity index (χ1v) is 8.48. The van der Waals surface area contributed by atoms with Gasteiger partial charge in [-0.25, -0.2) is 4.79 Å². The van der Waals surface area contributed by atoms with Crippen LogP contribution in [0.15, 0.2) is 18.2 Å². The van der Waals surface area contributed by atoms with Gasteiger partial charge in [0.25, 0.3) is 11.6 Å². The fraction of sp³-hybridized carbons (Fsp3) is 0.556. The second-order valence-corrected chi connectivity index (χ2v) is 6.70. The quantitative estimate of drug-likeness (QED) is 0.463. The summed E-state index contributed by atoms with van der Waals surface area (Å²) in [6.45, 7) is 3.34. The average Bonchev–Trinajstić information content (AvgIpc) is 2.59. The maximum absolute atomic E-state index is 12.3. The van der Waals surface area contributed by atoms with Crippen molar-refractivity contribution in [3.63, 3.8) is 0 Å². The molecule has 0 unspecified atom stereocenters. The number of hydrogen-bond acceptors (Lipinski definition) is 5. The van der Waals surface area contributed by atoms with Crippen LogP contribution in [0.2, 0.25) is 0 Å². The van der Waals surface area contributed by atoms with Crippen molar-refractivity contribution >= 4 is 17.6 Å². The number of ether oxygens (including phenoxy) is 1. The van der Waals surface area contributed by atoms with Crippen LogP contribution in [-0.2, 0) is 9.53 Å². The predicted molar refractivity (Wildman–Crippen MR) is 92.3 cm³/mol. The van der Waals surface area contributed by atoms with Crippen molar-refractivity contribution in [1.82, 2.24) is 4.90 Å². The van der Waals surface area contributed by atoms with Crippen LogP contribution in [0.3, 0.4) is 0 Å². The number of nitro benzene ring substituents is 1. The molecule has 1 amide bonds. The summed E-state index contributed by atoms with van der Waals surface area (Å²) in [5.74, 6) is -0.286. The van der Waals surface area contributed by atoms with Gasteiger partial charge in [0.2, 0.25) is 0 Å². The van der Waals surface area contributed by atoms with Gasteiger partial charge in [-0.15, -0.1) is 0 Å². The van der Waals surface area contributed by atoms with E-state index < -0.39 is 10.9 Å². The first kappa shape index (κ1) is 18.9. The minimum atomic E-state index is -0.722. The first-order valence-electron chi connectivity index (χ1n) is 8.48. The molecule has 1 aliphatic rings. The molecule has 0 saturated heterocycles. The summed E-state index contributed by atoms with van der Waals surface area (Å²) in [5, 5.41) is 10.9. The Bertz CT molecular complexity index is 665. The third-order valence-corrected chi connectivity index (χ3v) is 4.98. The summed E-state index contributed by atoms with van der Waals surface area (Å²) in [6, 6.07) is 4.40. The number of carbonyl (C=O) groups is 2. The van der Waals surface area contributed by atoms with E-state index in [1.807, 2.05) is 0 Å². The molecule has 7 heteroatoms. The maximum Gasteiger partial charge on any atom is 0.339 e. The molecule has 0 heterocycles. The lowest BCUT2D eigenvalue weighted by Crippen LogP contribution is -2.41. The van der Waals surface area contributed by atoms with Crippen LogP contribution in [0.4, 0.5) is 5.69 Å². The Morgan fingerprint density at radius 1 is 1.28 bits per heavy atom. The van der Waals surface area contributed by atoms with Crippen LogP contribution in [0.25, 0.3) is 0 Å².